The maximum absolute atomic E-state index is 12.4. The molecule has 27 heavy (non-hydrogen) atoms. The van der Waals surface area contributed by atoms with Crippen molar-refractivity contribution in [1.82, 2.24) is 15.5 Å². The number of likely N-dealkylation sites (tertiary alicyclic amines) is 1. The number of carbonyl (C=O) groups is 2. The number of piperidine rings is 1. The van der Waals surface area contributed by atoms with Crippen molar-refractivity contribution < 1.29 is 14.0 Å². The van der Waals surface area contributed by atoms with Gasteiger partial charge in [0.25, 0.3) is 5.91 Å². The number of hydrogen-bond donors (Lipinski definition) is 2. The van der Waals surface area contributed by atoms with Crippen LogP contribution in [0, 0.1) is 0 Å². The Morgan fingerprint density at radius 1 is 1.22 bits per heavy atom. The van der Waals surface area contributed by atoms with Crippen molar-refractivity contribution in [3.05, 3.63) is 60.1 Å². The molecule has 0 radical (unpaired) electrons. The molecule has 0 spiro atoms. The van der Waals surface area contributed by atoms with E-state index in [9.17, 15) is 9.59 Å². The van der Waals surface area contributed by atoms with Gasteiger partial charge in [-0.3, -0.25) is 14.5 Å². The maximum atomic E-state index is 12.4. The number of hydrogen-bond acceptors (Lipinski definition) is 4. The maximum Gasteiger partial charge on any atom is 0.287 e. The summed E-state index contributed by atoms with van der Waals surface area (Å²) in [6.07, 6.45) is 3.24. The van der Waals surface area contributed by atoms with Crippen LogP contribution in [0.5, 0.6) is 0 Å². The summed E-state index contributed by atoms with van der Waals surface area (Å²) >= 11 is 0. The second-order valence-corrected chi connectivity index (χ2v) is 7.21. The largest absolute Gasteiger partial charge is 0.459 e. The zero-order valence-electron chi connectivity index (χ0n) is 15.9. The van der Waals surface area contributed by atoms with Crippen LogP contribution in [0.2, 0.25) is 0 Å². The minimum absolute atomic E-state index is 0.127. The zero-order valence-corrected chi connectivity index (χ0v) is 15.9. The number of carbonyl (C=O) groups excluding carboxylic acids is 2. The number of furan rings is 1. The zero-order chi connectivity index (χ0) is 19.2. The summed E-state index contributed by atoms with van der Waals surface area (Å²) in [5.74, 6) is -0.338. The predicted molar refractivity (Wildman–Crippen MR) is 103 cm³/mol. The molecule has 2 heterocycles. The average Bonchev–Trinajstić information content (AvgIpc) is 3.19. The van der Waals surface area contributed by atoms with Crippen LogP contribution >= 0.6 is 0 Å². The van der Waals surface area contributed by atoms with Crippen LogP contribution in [0.3, 0.4) is 0 Å². The molecule has 0 aliphatic carbocycles. The minimum atomic E-state index is -0.611. The quantitative estimate of drug-likeness (QED) is 0.821. The Morgan fingerprint density at radius 3 is 2.67 bits per heavy atom. The third-order valence-corrected chi connectivity index (χ3v) is 5.07. The van der Waals surface area contributed by atoms with Crippen molar-refractivity contribution >= 4 is 11.8 Å². The lowest BCUT2D eigenvalue weighted by Crippen LogP contribution is -2.52. The lowest BCUT2D eigenvalue weighted by Gasteiger charge is -2.38. The summed E-state index contributed by atoms with van der Waals surface area (Å²) in [6.45, 7) is 5.75. The van der Waals surface area contributed by atoms with E-state index in [2.05, 4.69) is 46.7 Å². The number of amides is 2. The van der Waals surface area contributed by atoms with Gasteiger partial charge >= 0.3 is 0 Å². The van der Waals surface area contributed by atoms with E-state index < -0.39 is 6.04 Å². The van der Waals surface area contributed by atoms with E-state index >= 15 is 0 Å². The van der Waals surface area contributed by atoms with Crippen molar-refractivity contribution in [1.29, 1.82) is 0 Å². The predicted octanol–water partition coefficient (Wildman–Crippen LogP) is 2.57. The van der Waals surface area contributed by atoms with Crippen molar-refractivity contribution in [2.45, 2.75) is 51.4 Å². The Kier molecular flexibility index (Phi) is 6.29. The fraction of sp³-hybridized carbons (Fsp3) is 0.429. The van der Waals surface area contributed by atoms with E-state index in [1.54, 1.807) is 19.1 Å². The average molecular weight is 369 g/mol. The van der Waals surface area contributed by atoms with Gasteiger partial charge < -0.3 is 15.1 Å². The Balaban J connectivity index is 1.46. The molecule has 1 aliphatic rings. The van der Waals surface area contributed by atoms with Crippen molar-refractivity contribution in [3.63, 3.8) is 0 Å². The second kappa shape index (κ2) is 8.86. The van der Waals surface area contributed by atoms with Gasteiger partial charge in [-0.1, -0.05) is 30.3 Å². The van der Waals surface area contributed by atoms with Gasteiger partial charge in [-0.25, -0.2) is 0 Å². The first-order chi connectivity index (χ1) is 13.0. The summed E-state index contributed by atoms with van der Waals surface area (Å²) in [6, 6.07) is 13.6. The van der Waals surface area contributed by atoms with Gasteiger partial charge in [-0.2, -0.15) is 0 Å². The van der Waals surface area contributed by atoms with Crippen LogP contribution in [0.4, 0.5) is 0 Å². The molecule has 3 atom stereocenters. The SMILES string of the molecule is C[C@H](NC(=O)c1ccco1)C(=O)N[C@H]1CCN(Cc2ccccc2)[C@@H](C)C1. The van der Waals surface area contributed by atoms with E-state index in [1.807, 2.05) is 6.07 Å². The molecule has 1 fully saturated rings. The Hall–Kier alpha value is -2.60. The molecule has 1 saturated heterocycles. The number of rotatable bonds is 6. The summed E-state index contributed by atoms with van der Waals surface area (Å²) in [5.41, 5.74) is 1.31. The first-order valence-electron chi connectivity index (χ1n) is 9.45. The van der Waals surface area contributed by atoms with Gasteiger partial charge in [0.2, 0.25) is 5.91 Å². The molecule has 0 unspecified atom stereocenters. The molecule has 2 aromatic rings. The highest BCUT2D eigenvalue weighted by Gasteiger charge is 2.28. The molecule has 144 valence electrons. The number of benzene rings is 1. The van der Waals surface area contributed by atoms with E-state index in [4.69, 9.17) is 4.42 Å². The van der Waals surface area contributed by atoms with Crippen LogP contribution in [-0.2, 0) is 11.3 Å². The fourth-order valence-corrected chi connectivity index (χ4v) is 3.47. The van der Waals surface area contributed by atoms with E-state index in [0.29, 0.717) is 6.04 Å². The molecule has 2 amide bonds. The van der Waals surface area contributed by atoms with Crippen LogP contribution in [0.25, 0.3) is 0 Å². The summed E-state index contributed by atoms with van der Waals surface area (Å²) in [4.78, 5) is 26.9. The van der Waals surface area contributed by atoms with Gasteiger partial charge in [-0.15, -0.1) is 0 Å². The highest BCUT2D eigenvalue weighted by Crippen LogP contribution is 2.20. The lowest BCUT2D eigenvalue weighted by atomic mass is 9.97. The van der Waals surface area contributed by atoms with Gasteiger partial charge in [0.1, 0.15) is 6.04 Å². The van der Waals surface area contributed by atoms with Crippen molar-refractivity contribution in [3.8, 4) is 0 Å². The third-order valence-electron chi connectivity index (χ3n) is 5.07. The number of nitrogens with zero attached hydrogens (tertiary/aromatic N) is 1. The fourth-order valence-electron chi connectivity index (χ4n) is 3.47. The van der Waals surface area contributed by atoms with Crippen LogP contribution < -0.4 is 10.6 Å². The highest BCUT2D eigenvalue weighted by atomic mass is 16.3. The molecular weight excluding hydrogens is 342 g/mol. The molecule has 2 N–H and O–H groups in total. The number of nitrogens with one attached hydrogen (secondary N) is 2. The van der Waals surface area contributed by atoms with E-state index in [-0.39, 0.29) is 23.6 Å². The standard InChI is InChI=1S/C21H27N3O3/c1-15-13-18(10-11-24(15)14-17-7-4-3-5-8-17)23-20(25)16(2)22-21(26)19-9-6-12-27-19/h3-9,12,15-16,18H,10-11,13-14H2,1-2H3,(H,22,26)(H,23,25)/t15-,16-,18-/m0/s1. The lowest BCUT2D eigenvalue weighted by molar-refractivity contribution is -0.123. The molecule has 1 aliphatic heterocycles. The van der Waals surface area contributed by atoms with Gasteiger partial charge in [-0.05, 0) is 44.4 Å². The molecule has 3 rings (SSSR count). The molecule has 6 nitrogen and oxygen atoms in total. The monoisotopic (exact) mass is 369 g/mol. The topological polar surface area (TPSA) is 74.6 Å². The van der Waals surface area contributed by atoms with Crippen LogP contribution in [0.15, 0.2) is 53.1 Å². The Labute approximate surface area is 159 Å². The van der Waals surface area contributed by atoms with Gasteiger partial charge in [0.15, 0.2) is 5.76 Å². The first-order valence-corrected chi connectivity index (χ1v) is 9.45. The summed E-state index contributed by atoms with van der Waals surface area (Å²) < 4.78 is 5.05. The molecule has 1 aromatic carbocycles. The van der Waals surface area contributed by atoms with Gasteiger partial charge in [0.05, 0.1) is 6.26 Å². The second-order valence-electron chi connectivity index (χ2n) is 7.21. The van der Waals surface area contributed by atoms with Gasteiger partial charge in [0, 0.05) is 25.2 Å². The minimum Gasteiger partial charge on any atom is -0.459 e. The molecule has 1 aromatic heterocycles. The van der Waals surface area contributed by atoms with Crippen molar-refractivity contribution in [2.24, 2.45) is 0 Å². The third kappa shape index (κ3) is 5.20. The highest BCUT2D eigenvalue weighted by molar-refractivity contribution is 5.95. The van der Waals surface area contributed by atoms with E-state index in [1.165, 1.54) is 11.8 Å². The molecule has 6 heteroatoms. The molecule has 0 bridgehead atoms. The Bertz CT molecular complexity index is 745. The normalized spacial score (nSPS) is 21.4. The van der Waals surface area contributed by atoms with E-state index in [0.717, 1.165) is 25.9 Å². The Morgan fingerprint density at radius 2 is 2.00 bits per heavy atom. The smallest absolute Gasteiger partial charge is 0.287 e. The molecule has 0 saturated carbocycles. The van der Waals surface area contributed by atoms with Crippen molar-refractivity contribution in [2.75, 3.05) is 6.54 Å². The molecular formula is C21H27N3O3. The first kappa shape index (κ1) is 19.2. The van der Waals surface area contributed by atoms with Crippen LogP contribution in [-0.4, -0.2) is 41.4 Å². The summed E-state index contributed by atoms with van der Waals surface area (Å²) in [5, 5.41) is 5.74. The summed E-state index contributed by atoms with van der Waals surface area (Å²) in [7, 11) is 0. The van der Waals surface area contributed by atoms with Crippen LogP contribution in [0.1, 0.15) is 42.8 Å².